The molecule has 0 spiro atoms. The van der Waals surface area contributed by atoms with Gasteiger partial charge in [-0.15, -0.1) is 0 Å². The molecule has 2 aromatic heterocycles. The molecule has 1 saturated heterocycles. The number of ether oxygens (including phenoxy) is 1. The molecular formula is C24H32N6O2. The van der Waals surface area contributed by atoms with Gasteiger partial charge in [-0.3, -0.25) is 14.4 Å². The molecule has 170 valence electrons. The minimum absolute atomic E-state index is 0.0304. The lowest BCUT2D eigenvalue weighted by atomic mass is 9.93. The zero-order chi connectivity index (χ0) is 22.5. The largest absolute Gasteiger partial charge is 0.383 e. The first-order valence-electron chi connectivity index (χ1n) is 11.2. The Hall–Kier alpha value is -2.97. The number of rotatable bonds is 8. The van der Waals surface area contributed by atoms with Crippen LogP contribution in [0.1, 0.15) is 30.1 Å². The molecule has 1 aliphatic rings. The number of methoxy groups -OCH3 is 1. The van der Waals surface area contributed by atoms with E-state index in [0.717, 1.165) is 48.5 Å². The van der Waals surface area contributed by atoms with Gasteiger partial charge in [-0.25, -0.2) is 4.98 Å². The van der Waals surface area contributed by atoms with Crippen molar-refractivity contribution >= 4 is 28.3 Å². The Morgan fingerprint density at radius 1 is 1.28 bits per heavy atom. The zero-order valence-electron chi connectivity index (χ0n) is 19.1. The van der Waals surface area contributed by atoms with Gasteiger partial charge in [-0.1, -0.05) is 24.3 Å². The van der Waals surface area contributed by atoms with Gasteiger partial charge in [0.05, 0.1) is 13.2 Å². The number of hydrogen-bond acceptors (Lipinski definition) is 6. The molecule has 1 aromatic carbocycles. The summed E-state index contributed by atoms with van der Waals surface area (Å²) in [5.74, 6) is 1.76. The summed E-state index contributed by atoms with van der Waals surface area (Å²) >= 11 is 0. The summed E-state index contributed by atoms with van der Waals surface area (Å²) in [6.45, 7) is 5.39. The maximum absolute atomic E-state index is 12.6. The Morgan fingerprint density at radius 2 is 2.12 bits per heavy atom. The van der Waals surface area contributed by atoms with Gasteiger partial charge in [0, 0.05) is 56.0 Å². The highest BCUT2D eigenvalue weighted by Gasteiger charge is 2.25. The van der Waals surface area contributed by atoms with Crippen molar-refractivity contribution in [2.45, 2.75) is 25.7 Å². The molecule has 0 saturated carbocycles. The molecule has 0 bridgehead atoms. The minimum Gasteiger partial charge on any atom is -0.383 e. The number of piperidine rings is 1. The lowest BCUT2D eigenvalue weighted by molar-refractivity contribution is -0.117. The van der Waals surface area contributed by atoms with Gasteiger partial charge in [-0.2, -0.15) is 5.10 Å². The summed E-state index contributed by atoms with van der Waals surface area (Å²) in [5.41, 5.74) is 2.09. The van der Waals surface area contributed by atoms with Crippen LogP contribution in [0.15, 0.2) is 36.4 Å². The normalized spacial score (nSPS) is 16.9. The van der Waals surface area contributed by atoms with Crippen molar-refractivity contribution in [3.63, 3.8) is 0 Å². The number of anilines is 2. The number of hydrogen-bond donors (Lipinski definition) is 2. The predicted octanol–water partition coefficient (Wildman–Crippen LogP) is 3.15. The molecule has 1 amide bonds. The standard InChI is InChI=1S/C24H32N6O2/c1-17-13-22(28-29(17)2)27-23(31)16-30-11-6-8-19(15-30)21-14-18-7-4-5-9-20(18)24(26-21)25-10-12-32-3/h4-5,7,9,13-14,19H,6,8,10-12,15-16H2,1-3H3,(H,25,26)(H,27,28,31). The van der Waals surface area contributed by atoms with E-state index in [4.69, 9.17) is 9.72 Å². The SMILES string of the molecule is COCCNc1nc(C2CCCN(CC(=O)Nc3cc(C)n(C)n3)C2)cc2ccccc12. The number of nitrogens with zero attached hydrogens (tertiary/aromatic N) is 4. The quantitative estimate of drug-likeness (QED) is 0.528. The van der Waals surface area contributed by atoms with Gasteiger partial charge >= 0.3 is 0 Å². The fourth-order valence-corrected chi connectivity index (χ4v) is 4.28. The third-order valence-electron chi connectivity index (χ3n) is 6.03. The van der Waals surface area contributed by atoms with Crippen molar-refractivity contribution in [1.29, 1.82) is 0 Å². The molecule has 0 aliphatic carbocycles. The summed E-state index contributed by atoms with van der Waals surface area (Å²) in [7, 11) is 3.57. The highest BCUT2D eigenvalue weighted by atomic mass is 16.5. The van der Waals surface area contributed by atoms with E-state index in [-0.39, 0.29) is 5.91 Å². The van der Waals surface area contributed by atoms with Crippen LogP contribution in [0.5, 0.6) is 0 Å². The summed E-state index contributed by atoms with van der Waals surface area (Å²) in [6, 6.07) is 12.4. The minimum atomic E-state index is -0.0304. The topological polar surface area (TPSA) is 84.3 Å². The number of nitrogens with one attached hydrogen (secondary N) is 2. The van der Waals surface area contributed by atoms with Crippen LogP contribution in [-0.4, -0.2) is 65.5 Å². The molecule has 1 fully saturated rings. The number of aryl methyl sites for hydroxylation is 2. The first kappa shape index (κ1) is 22.2. The van der Waals surface area contributed by atoms with E-state index < -0.39 is 0 Å². The molecule has 1 unspecified atom stereocenters. The van der Waals surface area contributed by atoms with Crippen LogP contribution in [0.3, 0.4) is 0 Å². The zero-order valence-corrected chi connectivity index (χ0v) is 19.1. The van der Waals surface area contributed by atoms with Gasteiger partial charge in [0.2, 0.25) is 5.91 Å². The van der Waals surface area contributed by atoms with E-state index in [2.05, 4.69) is 44.9 Å². The number of aromatic nitrogens is 3. The van der Waals surface area contributed by atoms with Crippen molar-refractivity contribution in [1.82, 2.24) is 19.7 Å². The van der Waals surface area contributed by atoms with Gasteiger partial charge in [0.1, 0.15) is 5.82 Å². The van der Waals surface area contributed by atoms with Crippen molar-refractivity contribution in [2.75, 3.05) is 50.5 Å². The molecule has 8 nitrogen and oxygen atoms in total. The Kier molecular flexibility index (Phi) is 7.02. The van der Waals surface area contributed by atoms with Gasteiger partial charge < -0.3 is 15.4 Å². The maximum Gasteiger partial charge on any atom is 0.239 e. The van der Waals surface area contributed by atoms with Crippen molar-refractivity contribution < 1.29 is 9.53 Å². The van der Waals surface area contributed by atoms with Crippen LogP contribution in [0.25, 0.3) is 10.8 Å². The second-order valence-corrected chi connectivity index (χ2v) is 8.45. The maximum atomic E-state index is 12.6. The monoisotopic (exact) mass is 436 g/mol. The average Bonchev–Trinajstić information content (AvgIpc) is 3.10. The lowest BCUT2D eigenvalue weighted by Gasteiger charge is -2.32. The number of likely N-dealkylation sites (tertiary alicyclic amines) is 1. The van der Waals surface area contributed by atoms with Gasteiger partial charge in [0.25, 0.3) is 0 Å². The van der Waals surface area contributed by atoms with Gasteiger partial charge in [-0.05, 0) is 37.8 Å². The van der Waals surface area contributed by atoms with E-state index in [9.17, 15) is 4.79 Å². The molecular weight excluding hydrogens is 404 g/mol. The fraction of sp³-hybridized carbons (Fsp3) is 0.458. The van der Waals surface area contributed by atoms with Crippen LogP contribution in [0.2, 0.25) is 0 Å². The van der Waals surface area contributed by atoms with Crippen molar-refractivity contribution in [3.05, 3.63) is 47.8 Å². The van der Waals surface area contributed by atoms with Crippen LogP contribution in [0.4, 0.5) is 11.6 Å². The van der Waals surface area contributed by atoms with E-state index in [0.29, 0.717) is 31.4 Å². The fourth-order valence-electron chi connectivity index (χ4n) is 4.28. The predicted molar refractivity (Wildman–Crippen MR) is 127 cm³/mol. The first-order valence-corrected chi connectivity index (χ1v) is 11.2. The van der Waals surface area contributed by atoms with Crippen LogP contribution < -0.4 is 10.6 Å². The highest BCUT2D eigenvalue weighted by Crippen LogP contribution is 2.30. The summed E-state index contributed by atoms with van der Waals surface area (Å²) in [5, 5.41) is 12.9. The number of benzene rings is 1. The molecule has 32 heavy (non-hydrogen) atoms. The molecule has 1 atom stereocenters. The number of carbonyl (C=O) groups excluding carboxylic acids is 1. The molecule has 3 aromatic rings. The lowest BCUT2D eigenvalue weighted by Crippen LogP contribution is -2.40. The third-order valence-corrected chi connectivity index (χ3v) is 6.03. The van der Waals surface area contributed by atoms with Crippen LogP contribution >= 0.6 is 0 Å². The molecule has 0 radical (unpaired) electrons. The van der Waals surface area contributed by atoms with Crippen LogP contribution in [0, 0.1) is 6.92 Å². The number of amides is 1. The smallest absolute Gasteiger partial charge is 0.239 e. The molecule has 2 N–H and O–H groups in total. The van der Waals surface area contributed by atoms with E-state index in [1.165, 1.54) is 5.39 Å². The average molecular weight is 437 g/mol. The highest BCUT2D eigenvalue weighted by molar-refractivity contribution is 5.92. The van der Waals surface area contributed by atoms with Crippen LogP contribution in [-0.2, 0) is 16.6 Å². The number of fused-ring (bicyclic) bond motifs is 1. The van der Waals surface area contributed by atoms with E-state index in [1.54, 1.807) is 11.8 Å². The second-order valence-electron chi connectivity index (χ2n) is 8.45. The Morgan fingerprint density at radius 3 is 2.91 bits per heavy atom. The van der Waals surface area contributed by atoms with Gasteiger partial charge in [0.15, 0.2) is 5.82 Å². The van der Waals surface area contributed by atoms with E-state index >= 15 is 0 Å². The molecule has 1 aliphatic heterocycles. The Labute approximate surface area is 189 Å². The Balaban J connectivity index is 1.45. The van der Waals surface area contributed by atoms with Crippen molar-refractivity contribution in [2.24, 2.45) is 7.05 Å². The van der Waals surface area contributed by atoms with E-state index in [1.807, 2.05) is 26.1 Å². The molecule has 4 rings (SSSR count). The second kappa shape index (κ2) is 10.1. The number of carbonyl (C=O) groups is 1. The molecule has 3 heterocycles. The molecule has 8 heteroatoms. The summed E-state index contributed by atoms with van der Waals surface area (Å²) < 4.78 is 6.94. The van der Waals surface area contributed by atoms with Crippen molar-refractivity contribution in [3.8, 4) is 0 Å². The first-order chi connectivity index (χ1) is 15.5. The number of pyridine rings is 1. The summed E-state index contributed by atoms with van der Waals surface area (Å²) in [6.07, 6.45) is 2.11. The summed E-state index contributed by atoms with van der Waals surface area (Å²) in [4.78, 5) is 19.8. The third kappa shape index (κ3) is 5.26. The Bertz CT molecular complexity index is 1060.